The van der Waals surface area contributed by atoms with Crippen molar-refractivity contribution in [2.45, 2.75) is 46.1 Å². The number of fused-ring (bicyclic) bond motifs is 1. The Morgan fingerprint density at radius 1 is 1.21 bits per heavy atom. The first-order valence-electron chi connectivity index (χ1n) is 7.72. The van der Waals surface area contributed by atoms with Gasteiger partial charge < -0.3 is 5.73 Å². The smallest absolute Gasteiger partial charge is 0.0233 e. The van der Waals surface area contributed by atoms with Crippen LogP contribution in [0.15, 0.2) is 18.2 Å². The van der Waals surface area contributed by atoms with Crippen molar-refractivity contribution in [2.24, 2.45) is 11.7 Å². The van der Waals surface area contributed by atoms with Crippen molar-refractivity contribution in [3.05, 3.63) is 34.9 Å². The molecule has 0 spiro atoms. The molecule has 0 bridgehead atoms. The highest BCUT2D eigenvalue weighted by Crippen LogP contribution is 2.23. The molecule has 19 heavy (non-hydrogen) atoms. The first-order chi connectivity index (χ1) is 9.19. The average molecular weight is 260 g/mol. The van der Waals surface area contributed by atoms with Gasteiger partial charge >= 0.3 is 0 Å². The quantitative estimate of drug-likeness (QED) is 0.816. The third kappa shape index (κ3) is 4.32. The van der Waals surface area contributed by atoms with Crippen LogP contribution in [0.25, 0.3) is 0 Å². The summed E-state index contributed by atoms with van der Waals surface area (Å²) in [5.41, 5.74) is 10.3. The summed E-state index contributed by atoms with van der Waals surface area (Å²) < 4.78 is 0. The Balaban J connectivity index is 1.99. The number of hydrogen-bond acceptors (Lipinski definition) is 2. The molecule has 106 valence electrons. The number of nitrogens with zero attached hydrogens (tertiary/aromatic N) is 1. The van der Waals surface area contributed by atoms with E-state index in [4.69, 9.17) is 5.73 Å². The van der Waals surface area contributed by atoms with Gasteiger partial charge in [-0.25, -0.2) is 0 Å². The first-order valence-corrected chi connectivity index (χ1v) is 7.72. The lowest BCUT2D eigenvalue weighted by Crippen LogP contribution is -2.29. The van der Waals surface area contributed by atoms with Crippen LogP contribution in [0.4, 0.5) is 0 Å². The van der Waals surface area contributed by atoms with Crippen LogP contribution in [0, 0.1) is 5.92 Å². The molecule has 0 fully saturated rings. The number of aryl methyl sites for hydroxylation is 2. The summed E-state index contributed by atoms with van der Waals surface area (Å²) in [6.07, 6.45) is 4.98. The Morgan fingerprint density at radius 2 is 2.00 bits per heavy atom. The molecule has 1 aliphatic rings. The van der Waals surface area contributed by atoms with Crippen molar-refractivity contribution < 1.29 is 0 Å². The van der Waals surface area contributed by atoms with Crippen LogP contribution in [0.2, 0.25) is 0 Å². The van der Waals surface area contributed by atoms with Gasteiger partial charge in [0.25, 0.3) is 0 Å². The SMILES string of the molecule is CC(C)CN(CCCN)Cc1ccc2c(c1)CCC2. The van der Waals surface area contributed by atoms with Crippen LogP contribution in [0.5, 0.6) is 0 Å². The van der Waals surface area contributed by atoms with Gasteiger partial charge in [0.15, 0.2) is 0 Å². The Bertz CT molecular complexity index is 398. The third-order valence-electron chi connectivity index (χ3n) is 3.87. The van der Waals surface area contributed by atoms with Crippen molar-refractivity contribution in [1.29, 1.82) is 0 Å². The van der Waals surface area contributed by atoms with Gasteiger partial charge in [-0.1, -0.05) is 32.0 Å². The molecule has 2 heteroatoms. The Hall–Kier alpha value is -0.860. The fourth-order valence-electron chi connectivity index (χ4n) is 3.05. The molecular formula is C17H28N2. The maximum Gasteiger partial charge on any atom is 0.0233 e. The fourth-order valence-corrected chi connectivity index (χ4v) is 3.05. The predicted molar refractivity (Wildman–Crippen MR) is 82.3 cm³/mol. The van der Waals surface area contributed by atoms with Gasteiger partial charge in [-0.05, 0) is 61.4 Å². The van der Waals surface area contributed by atoms with E-state index in [-0.39, 0.29) is 0 Å². The summed E-state index contributed by atoms with van der Waals surface area (Å²) in [4.78, 5) is 2.55. The summed E-state index contributed by atoms with van der Waals surface area (Å²) in [7, 11) is 0. The second kappa shape index (κ2) is 7.06. The molecule has 2 N–H and O–H groups in total. The molecule has 0 radical (unpaired) electrons. The molecule has 2 nitrogen and oxygen atoms in total. The highest BCUT2D eigenvalue weighted by molar-refractivity contribution is 5.35. The monoisotopic (exact) mass is 260 g/mol. The van der Waals surface area contributed by atoms with Gasteiger partial charge in [-0.15, -0.1) is 0 Å². The van der Waals surface area contributed by atoms with Crippen LogP contribution in [-0.2, 0) is 19.4 Å². The summed E-state index contributed by atoms with van der Waals surface area (Å²) in [6.45, 7) is 8.73. The molecular weight excluding hydrogens is 232 g/mol. The van der Waals surface area contributed by atoms with Gasteiger partial charge in [0.1, 0.15) is 0 Å². The van der Waals surface area contributed by atoms with E-state index in [2.05, 4.69) is 36.9 Å². The standard InChI is InChI=1S/C17H28N2/c1-14(2)12-19(10-4-9-18)13-15-7-8-16-5-3-6-17(16)11-15/h7-8,11,14H,3-6,9-10,12-13,18H2,1-2H3. The van der Waals surface area contributed by atoms with E-state index in [1.54, 1.807) is 11.1 Å². The molecule has 1 aliphatic carbocycles. The van der Waals surface area contributed by atoms with E-state index in [1.807, 2.05) is 0 Å². The topological polar surface area (TPSA) is 29.3 Å². The third-order valence-corrected chi connectivity index (χ3v) is 3.87. The second-order valence-corrected chi connectivity index (χ2v) is 6.23. The van der Waals surface area contributed by atoms with E-state index in [9.17, 15) is 0 Å². The molecule has 0 aromatic heterocycles. The largest absolute Gasteiger partial charge is 0.330 e. The van der Waals surface area contributed by atoms with Crippen molar-refractivity contribution >= 4 is 0 Å². The molecule has 0 heterocycles. The number of rotatable bonds is 7. The second-order valence-electron chi connectivity index (χ2n) is 6.23. The zero-order valence-electron chi connectivity index (χ0n) is 12.5. The highest BCUT2D eigenvalue weighted by Gasteiger charge is 2.13. The Labute approximate surface area is 118 Å². The molecule has 0 saturated carbocycles. The van der Waals surface area contributed by atoms with E-state index >= 15 is 0 Å². The molecule has 1 aromatic carbocycles. The normalized spacial score (nSPS) is 14.4. The van der Waals surface area contributed by atoms with E-state index in [0.29, 0.717) is 5.92 Å². The van der Waals surface area contributed by atoms with E-state index in [1.165, 1.54) is 24.8 Å². The molecule has 0 aliphatic heterocycles. The highest BCUT2D eigenvalue weighted by atomic mass is 15.1. The van der Waals surface area contributed by atoms with Crippen molar-refractivity contribution in [1.82, 2.24) is 4.90 Å². The Kier molecular flexibility index (Phi) is 5.41. The van der Waals surface area contributed by atoms with E-state index in [0.717, 1.165) is 32.6 Å². The molecule has 1 aromatic rings. The minimum atomic E-state index is 0.715. The maximum absolute atomic E-state index is 5.65. The summed E-state index contributed by atoms with van der Waals surface area (Å²) in [5, 5.41) is 0. The predicted octanol–water partition coefficient (Wildman–Crippen LogP) is 2.98. The van der Waals surface area contributed by atoms with Gasteiger partial charge in [-0.2, -0.15) is 0 Å². The van der Waals surface area contributed by atoms with Gasteiger partial charge in [-0.3, -0.25) is 4.90 Å². The average Bonchev–Trinajstić information content (AvgIpc) is 2.82. The lowest BCUT2D eigenvalue weighted by Gasteiger charge is -2.24. The number of benzene rings is 1. The van der Waals surface area contributed by atoms with E-state index < -0.39 is 0 Å². The van der Waals surface area contributed by atoms with Gasteiger partial charge in [0, 0.05) is 13.1 Å². The van der Waals surface area contributed by atoms with Crippen molar-refractivity contribution in [3.63, 3.8) is 0 Å². The lowest BCUT2D eigenvalue weighted by molar-refractivity contribution is 0.234. The van der Waals surface area contributed by atoms with Crippen LogP contribution < -0.4 is 5.73 Å². The zero-order chi connectivity index (χ0) is 13.7. The van der Waals surface area contributed by atoms with Crippen LogP contribution >= 0.6 is 0 Å². The molecule has 0 amide bonds. The molecule has 0 unspecified atom stereocenters. The fraction of sp³-hybridized carbons (Fsp3) is 0.647. The first kappa shape index (κ1) is 14.5. The van der Waals surface area contributed by atoms with Crippen LogP contribution in [-0.4, -0.2) is 24.5 Å². The Morgan fingerprint density at radius 3 is 2.74 bits per heavy atom. The maximum atomic E-state index is 5.65. The summed E-state index contributed by atoms with van der Waals surface area (Å²) >= 11 is 0. The number of hydrogen-bond donors (Lipinski definition) is 1. The minimum absolute atomic E-state index is 0.715. The summed E-state index contributed by atoms with van der Waals surface area (Å²) in [5.74, 6) is 0.715. The minimum Gasteiger partial charge on any atom is -0.330 e. The number of nitrogens with two attached hydrogens (primary N) is 1. The lowest BCUT2D eigenvalue weighted by atomic mass is 10.1. The van der Waals surface area contributed by atoms with Crippen molar-refractivity contribution in [2.75, 3.05) is 19.6 Å². The zero-order valence-corrected chi connectivity index (χ0v) is 12.5. The van der Waals surface area contributed by atoms with Gasteiger partial charge in [0.2, 0.25) is 0 Å². The summed E-state index contributed by atoms with van der Waals surface area (Å²) in [6, 6.07) is 7.09. The van der Waals surface area contributed by atoms with Crippen molar-refractivity contribution in [3.8, 4) is 0 Å². The van der Waals surface area contributed by atoms with Crippen LogP contribution in [0.1, 0.15) is 43.4 Å². The van der Waals surface area contributed by atoms with Gasteiger partial charge in [0.05, 0.1) is 0 Å². The molecule has 2 rings (SSSR count). The van der Waals surface area contributed by atoms with Crippen LogP contribution in [0.3, 0.4) is 0 Å². The molecule has 0 saturated heterocycles. The molecule has 0 atom stereocenters.